The van der Waals surface area contributed by atoms with Gasteiger partial charge in [0, 0.05) is 32.5 Å². The summed E-state index contributed by atoms with van der Waals surface area (Å²) in [4.78, 5) is 11.4. The second-order valence-corrected chi connectivity index (χ2v) is 7.82. The molecular formula is C21H34N6O. The highest BCUT2D eigenvalue weighted by molar-refractivity contribution is 5.79. The maximum atomic E-state index is 5.73. The molecule has 3 heterocycles. The number of furan rings is 1. The highest BCUT2D eigenvalue weighted by atomic mass is 16.3. The van der Waals surface area contributed by atoms with Crippen molar-refractivity contribution in [3.63, 3.8) is 0 Å². The van der Waals surface area contributed by atoms with Gasteiger partial charge in [0.05, 0.1) is 18.8 Å². The van der Waals surface area contributed by atoms with E-state index in [9.17, 15) is 0 Å². The van der Waals surface area contributed by atoms with Gasteiger partial charge in [0.25, 0.3) is 0 Å². The molecule has 2 aromatic rings. The number of guanidine groups is 1. The fourth-order valence-electron chi connectivity index (χ4n) is 3.76. The van der Waals surface area contributed by atoms with Crippen LogP contribution in [0.1, 0.15) is 50.7 Å². The van der Waals surface area contributed by atoms with Crippen LogP contribution in [-0.4, -0.2) is 47.1 Å². The summed E-state index contributed by atoms with van der Waals surface area (Å²) in [6, 6.07) is 4.25. The number of aromatic nitrogens is 2. The van der Waals surface area contributed by atoms with Crippen LogP contribution in [0.3, 0.4) is 0 Å². The van der Waals surface area contributed by atoms with Crippen LogP contribution in [0.15, 0.2) is 40.2 Å². The number of piperidine rings is 1. The predicted octanol–water partition coefficient (Wildman–Crippen LogP) is 3.02. The predicted molar refractivity (Wildman–Crippen MR) is 112 cm³/mol. The van der Waals surface area contributed by atoms with E-state index in [0.29, 0.717) is 12.5 Å². The van der Waals surface area contributed by atoms with Crippen LogP contribution in [-0.2, 0) is 13.1 Å². The quantitative estimate of drug-likeness (QED) is 0.539. The maximum absolute atomic E-state index is 5.73. The van der Waals surface area contributed by atoms with E-state index in [4.69, 9.17) is 4.42 Å². The lowest BCUT2D eigenvalue weighted by Crippen LogP contribution is -2.44. The second kappa shape index (κ2) is 10.3. The number of nitrogens with zero attached hydrogens (tertiary/aromatic N) is 4. The average Bonchev–Trinajstić information content (AvgIpc) is 3.37. The molecule has 0 aromatic carbocycles. The molecule has 1 aliphatic heterocycles. The Hall–Kier alpha value is -2.28. The van der Waals surface area contributed by atoms with Gasteiger partial charge in [-0.15, -0.1) is 0 Å². The van der Waals surface area contributed by atoms with Gasteiger partial charge in [-0.05, 0) is 44.0 Å². The summed E-state index contributed by atoms with van der Waals surface area (Å²) in [6.07, 6.45) is 9.48. The van der Waals surface area contributed by atoms with Gasteiger partial charge in [-0.25, -0.2) is 4.98 Å². The number of rotatable bonds is 8. The largest absolute Gasteiger partial charge is 0.468 e. The summed E-state index contributed by atoms with van der Waals surface area (Å²) in [6.45, 7) is 9.04. The summed E-state index contributed by atoms with van der Waals surface area (Å²) < 4.78 is 7.93. The lowest BCUT2D eigenvalue weighted by molar-refractivity contribution is 0.146. The molecule has 0 saturated carbocycles. The van der Waals surface area contributed by atoms with Crippen molar-refractivity contribution >= 4 is 5.96 Å². The van der Waals surface area contributed by atoms with E-state index in [1.807, 2.05) is 18.5 Å². The van der Waals surface area contributed by atoms with Crippen molar-refractivity contribution in [3.8, 4) is 0 Å². The standard InChI is InChI=1S/C21H34N6O/c1-17(2)16-27-12-9-23-20(27)15-25-21(22-3)24-14-18(19-8-7-13-28-19)26-10-5-4-6-11-26/h7-9,12-13,17-18H,4-6,10-11,14-16H2,1-3H3,(H2,22,24,25). The van der Waals surface area contributed by atoms with E-state index >= 15 is 0 Å². The summed E-state index contributed by atoms with van der Waals surface area (Å²) in [5.74, 6) is 3.41. The number of hydrogen-bond donors (Lipinski definition) is 2. The van der Waals surface area contributed by atoms with Gasteiger partial charge in [0.1, 0.15) is 11.6 Å². The van der Waals surface area contributed by atoms with Gasteiger partial charge in [-0.3, -0.25) is 9.89 Å². The minimum atomic E-state index is 0.219. The first-order valence-electron chi connectivity index (χ1n) is 10.4. The molecule has 1 aliphatic rings. The minimum absolute atomic E-state index is 0.219. The van der Waals surface area contributed by atoms with E-state index in [0.717, 1.165) is 43.7 Å². The zero-order valence-corrected chi connectivity index (χ0v) is 17.4. The average molecular weight is 387 g/mol. The second-order valence-electron chi connectivity index (χ2n) is 7.82. The van der Waals surface area contributed by atoms with Crippen LogP contribution in [0.4, 0.5) is 0 Å². The Kier molecular flexibility index (Phi) is 7.54. The first-order valence-corrected chi connectivity index (χ1v) is 10.4. The first-order chi connectivity index (χ1) is 13.7. The molecule has 154 valence electrons. The minimum Gasteiger partial charge on any atom is -0.468 e. The van der Waals surface area contributed by atoms with Crippen molar-refractivity contribution in [2.45, 2.75) is 52.2 Å². The van der Waals surface area contributed by atoms with Gasteiger partial charge >= 0.3 is 0 Å². The number of likely N-dealkylation sites (tertiary alicyclic amines) is 1. The van der Waals surface area contributed by atoms with Crippen LogP contribution in [0.5, 0.6) is 0 Å². The Labute approximate surface area is 168 Å². The topological polar surface area (TPSA) is 70.6 Å². The number of imidazole rings is 1. The molecule has 7 heteroatoms. The van der Waals surface area contributed by atoms with Crippen molar-refractivity contribution in [2.24, 2.45) is 10.9 Å². The molecule has 2 N–H and O–H groups in total. The maximum Gasteiger partial charge on any atom is 0.191 e. The van der Waals surface area contributed by atoms with Gasteiger partial charge in [-0.1, -0.05) is 20.3 Å². The van der Waals surface area contributed by atoms with Gasteiger partial charge < -0.3 is 19.6 Å². The Bertz CT molecular complexity index is 715. The molecule has 0 radical (unpaired) electrons. The molecule has 1 fully saturated rings. The molecule has 0 aliphatic carbocycles. The van der Waals surface area contributed by atoms with Crippen LogP contribution >= 0.6 is 0 Å². The van der Waals surface area contributed by atoms with Crippen LogP contribution in [0.2, 0.25) is 0 Å². The summed E-state index contributed by atoms with van der Waals surface area (Å²) in [5.41, 5.74) is 0. The SMILES string of the molecule is CN=C(NCc1nccn1CC(C)C)NCC(c1ccco1)N1CCCCC1. The van der Waals surface area contributed by atoms with Gasteiger partial charge in [0.15, 0.2) is 5.96 Å². The highest BCUT2D eigenvalue weighted by Gasteiger charge is 2.24. The molecule has 2 aromatic heterocycles. The lowest BCUT2D eigenvalue weighted by atomic mass is 10.1. The third-order valence-corrected chi connectivity index (χ3v) is 5.17. The first kappa shape index (κ1) is 20.5. The van der Waals surface area contributed by atoms with E-state index in [2.05, 4.69) is 50.0 Å². The number of nitrogens with one attached hydrogen (secondary N) is 2. The van der Waals surface area contributed by atoms with Crippen molar-refractivity contribution in [1.82, 2.24) is 25.1 Å². The monoisotopic (exact) mass is 386 g/mol. The molecule has 7 nitrogen and oxygen atoms in total. The fraction of sp³-hybridized carbons (Fsp3) is 0.619. The Morgan fingerprint density at radius 2 is 2.07 bits per heavy atom. The van der Waals surface area contributed by atoms with Crippen molar-refractivity contribution in [1.29, 1.82) is 0 Å². The van der Waals surface area contributed by atoms with Crippen LogP contribution < -0.4 is 10.6 Å². The molecule has 28 heavy (non-hydrogen) atoms. The van der Waals surface area contributed by atoms with Crippen LogP contribution in [0.25, 0.3) is 0 Å². The molecule has 0 amide bonds. The third-order valence-electron chi connectivity index (χ3n) is 5.17. The van der Waals surface area contributed by atoms with E-state index < -0.39 is 0 Å². The number of aliphatic imine (C=N–C) groups is 1. The summed E-state index contributed by atoms with van der Waals surface area (Å²) in [7, 11) is 1.80. The Balaban J connectivity index is 1.57. The van der Waals surface area contributed by atoms with E-state index in [1.165, 1.54) is 19.3 Å². The van der Waals surface area contributed by atoms with E-state index in [-0.39, 0.29) is 6.04 Å². The van der Waals surface area contributed by atoms with Crippen LogP contribution in [0, 0.1) is 5.92 Å². The smallest absolute Gasteiger partial charge is 0.191 e. The zero-order chi connectivity index (χ0) is 19.8. The highest BCUT2D eigenvalue weighted by Crippen LogP contribution is 2.24. The van der Waals surface area contributed by atoms with Gasteiger partial charge in [0.2, 0.25) is 0 Å². The zero-order valence-electron chi connectivity index (χ0n) is 17.4. The Morgan fingerprint density at radius 1 is 1.25 bits per heavy atom. The van der Waals surface area contributed by atoms with Gasteiger partial charge in [-0.2, -0.15) is 0 Å². The normalized spacial score (nSPS) is 17.1. The van der Waals surface area contributed by atoms with E-state index in [1.54, 1.807) is 13.3 Å². The third kappa shape index (κ3) is 5.61. The molecule has 1 saturated heterocycles. The van der Waals surface area contributed by atoms with Crippen molar-refractivity contribution in [3.05, 3.63) is 42.4 Å². The number of hydrogen-bond acceptors (Lipinski definition) is 4. The fourth-order valence-corrected chi connectivity index (χ4v) is 3.76. The molecule has 0 bridgehead atoms. The summed E-state index contributed by atoms with van der Waals surface area (Å²) in [5, 5.41) is 6.87. The molecular weight excluding hydrogens is 352 g/mol. The molecule has 1 atom stereocenters. The summed E-state index contributed by atoms with van der Waals surface area (Å²) >= 11 is 0. The Morgan fingerprint density at radius 3 is 2.75 bits per heavy atom. The molecule has 0 spiro atoms. The lowest BCUT2D eigenvalue weighted by Gasteiger charge is -2.33. The molecule has 3 rings (SSSR count). The van der Waals surface area contributed by atoms with Crippen molar-refractivity contribution in [2.75, 3.05) is 26.7 Å². The molecule has 1 unspecified atom stereocenters. The van der Waals surface area contributed by atoms with Crippen molar-refractivity contribution < 1.29 is 4.42 Å².